The normalized spacial score (nSPS) is 12.0. The first-order valence-electron chi connectivity index (χ1n) is 13.6. The van der Waals surface area contributed by atoms with E-state index in [1.54, 1.807) is 66.7 Å². The number of carbonyl (C=O) groups is 1. The van der Waals surface area contributed by atoms with Crippen molar-refractivity contribution in [3.63, 3.8) is 0 Å². The van der Waals surface area contributed by atoms with Gasteiger partial charge in [0.05, 0.1) is 51.8 Å². The van der Waals surface area contributed by atoms with Gasteiger partial charge in [0.25, 0.3) is 16.6 Å². The fourth-order valence-corrected chi connectivity index (χ4v) is 4.91. The Labute approximate surface area is 263 Å². The summed E-state index contributed by atoms with van der Waals surface area (Å²) in [6.45, 7) is 4.04. The molecular weight excluding hydrogens is 610 g/mol. The molecule has 14 heteroatoms. The van der Waals surface area contributed by atoms with Gasteiger partial charge in [-0.15, -0.1) is 10.2 Å². The zero-order chi connectivity index (χ0) is 32.8. The van der Waals surface area contributed by atoms with Gasteiger partial charge in [-0.3, -0.25) is 9.35 Å². The van der Waals surface area contributed by atoms with Gasteiger partial charge in [0.15, 0.2) is 0 Å². The number of hydrogen-bond acceptors (Lipinski definition) is 12. The topological polar surface area (TPSA) is 190 Å². The molecule has 232 valence electrons. The summed E-state index contributed by atoms with van der Waals surface area (Å²) in [6, 6.07) is 22.6. The number of ether oxygens (including phenoxy) is 2. The molecule has 5 aromatic rings. The zero-order valence-corrected chi connectivity index (χ0v) is 25.6. The predicted octanol–water partition coefficient (Wildman–Crippen LogP) is 9.08. The Morgan fingerprint density at radius 3 is 1.93 bits per heavy atom. The summed E-state index contributed by atoms with van der Waals surface area (Å²) in [5.41, 5.74) is 11.0. The second kappa shape index (κ2) is 13.4. The van der Waals surface area contributed by atoms with E-state index >= 15 is 0 Å². The van der Waals surface area contributed by atoms with Crippen molar-refractivity contribution in [2.45, 2.75) is 18.7 Å². The fraction of sp³-hybridized carbons (Fsp3) is 0.0938. The van der Waals surface area contributed by atoms with Crippen LogP contribution < -0.4 is 15.2 Å². The van der Waals surface area contributed by atoms with Crippen molar-refractivity contribution in [3.05, 3.63) is 96.1 Å². The van der Waals surface area contributed by atoms with Crippen LogP contribution >= 0.6 is 0 Å². The smallest absolute Gasteiger partial charge is 0.298 e. The van der Waals surface area contributed by atoms with E-state index in [-0.39, 0.29) is 4.90 Å². The molecule has 0 spiro atoms. The highest BCUT2D eigenvalue weighted by Gasteiger charge is 2.14. The third-order valence-corrected chi connectivity index (χ3v) is 7.65. The predicted molar refractivity (Wildman–Crippen MR) is 173 cm³/mol. The molecule has 0 fully saturated rings. The quantitative estimate of drug-likeness (QED) is 0.0660. The van der Waals surface area contributed by atoms with Crippen LogP contribution in [0.5, 0.6) is 11.5 Å². The summed E-state index contributed by atoms with van der Waals surface area (Å²) in [5.74, 6) is 0.858. The van der Waals surface area contributed by atoms with E-state index in [1.165, 1.54) is 25.3 Å². The molecule has 5 aromatic carbocycles. The summed E-state index contributed by atoms with van der Waals surface area (Å²) in [4.78, 5) is 10.2. The number of fused-ring (bicyclic) bond motifs is 1. The average molecular weight is 638 g/mol. The maximum absolute atomic E-state index is 11.9. The average Bonchev–Trinajstić information content (AvgIpc) is 3.03. The highest BCUT2D eigenvalue weighted by Crippen LogP contribution is 2.38. The summed E-state index contributed by atoms with van der Waals surface area (Å²) in [7, 11) is -2.99. The molecule has 0 saturated carbocycles. The highest BCUT2D eigenvalue weighted by molar-refractivity contribution is 7.85. The molecule has 0 aliphatic rings. The first-order chi connectivity index (χ1) is 22.0. The Balaban J connectivity index is 1.45. The molecule has 0 amide bonds. The summed E-state index contributed by atoms with van der Waals surface area (Å²) in [5, 5.41) is 26.9. The summed E-state index contributed by atoms with van der Waals surface area (Å²) < 4.78 is 43.7. The molecule has 0 saturated heterocycles. The van der Waals surface area contributed by atoms with Crippen molar-refractivity contribution in [2.75, 3.05) is 12.8 Å². The van der Waals surface area contributed by atoms with E-state index in [0.29, 0.717) is 68.6 Å². The minimum atomic E-state index is -4.50. The summed E-state index contributed by atoms with van der Waals surface area (Å²) in [6.07, 6.45) is 0. The van der Waals surface area contributed by atoms with Gasteiger partial charge in [-0.05, 0) is 97.8 Å². The van der Waals surface area contributed by atoms with Crippen LogP contribution in [0.25, 0.3) is 10.8 Å². The van der Waals surface area contributed by atoms with Crippen LogP contribution in [0, 0.1) is 13.8 Å². The number of nitrogen functional groups attached to an aromatic ring is 1. The lowest BCUT2D eigenvalue weighted by Crippen LogP contribution is -1.97. The standard InChI is InChI=1S/C32H27N7O6S/c1-19-14-22(6-11-28(19)36-34-21-4-7-23(8-5-21)45-18-40)35-37-30-13-12-29(25-10-9-24(16-26(25)30)46(41,42)43)38-39-31-17-32(44-3)27(33)15-20(31)2/h4-18H,33H2,1-3H3,(H,41,42,43). The van der Waals surface area contributed by atoms with E-state index in [0.717, 1.165) is 11.1 Å². The number of nitrogens with zero attached hydrogens (tertiary/aromatic N) is 6. The number of azo groups is 3. The van der Waals surface area contributed by atoms with Crippen molar-refractivity contribution in [3.8, 4) is 11.5 Å². The van der Waals surface area contributed by atoms with Crippen molar-refractivity contribution in [1.82, 2.24) is 0 Å². The third kappa shape index (κ3) is 7.26. The first-order valence-corrected chi connectivity index (χ1v) is 15.0. The Morgan fingerprint density at radius 1 is 0.674 bits per heavy atom. The number of anilines is 1. The Kier molecular flexibility index (Phi) is 9.21. The molecule has 46 heavy (non-hydrogen) atoms. The number of nitrogens with two attached hydrogens (primary N) is 1. The minimum Gasteiger partial charge on any atom is -0.495 e. The van der Waals surface area contributed by atoms with E-state index < -0.39 is 10.1 Å². The molecule has 0 aromatic heterocycles. The van der Waals surface area contributed by atoms with Crippen LogP contribution in [0.3, 0.4) is 0 Å². The monoisotopic (exact) mass is 637 g/mol. The molecule has 0 heterocycles. The molecular formula is C32H27N7O6S. The van der Waals surface area contributed by atoms with Gasteiger partial charge in [-0.2, -0.15) is 28.9 Å². The van der Waals surface area contributed by atoms with Gasteiger partial charge in [0.1, 0.15) is 11.5 Å². The lowest BCUT2D eigenvalue weighted by molar-refractivity contribution is -0.120. The van der Waals surface area contributed by atoms with Crippen molar-refractivity contribution >= 4 is 67.2 Å². The van der Waals surface area contributed by atoms with Crippen molar-refractivity contribution in [2.24, 2.45) is 30.7 Å². The van der Waals surface area contributed by atoms with E-state index in [4.69, 9.17) is 15.2 Å². The number of hydrogen-bond donors (Lipinski definition) is 2. The zero-order valence-electron chi connectivity index (χ0n) is 24.8. The Bertz CT molecular complexity index is 2150. The van der Waals surface area contributed by atoms with Crippen LogP contribution in [0.4, 0.5) is 39.8 Å². The van der Waals surface area contributed by atoms with Crippen molar-refractivity contribution < 1.29 is 27.2 Å². The SMILES string of the molecule is COc1cc(N=Nc2ccc(N=Nc3ccc(N=Nc4ccc(OC=O)cc4)c(C)c3)c3cc(S(=O)(=O)O)ccc23)c(C)cc1N. The van der Waals surface area contributed by atoms with Crippen LogP contribution in [-0.4, -0.2) is 26.6 Å². The third-order valence-electron chi connectivity index (χ3n) is 6.80. The number of rotatable bonds is 10. The molecule has 3 N–H and O–H groups in total. The lowest BCUT2D eigenvalue weighted by Gasteiger charge is -2.08. The van der Waals surface area contributed by atoms with Gasteiger partial charge in [-0.1, -0.05) is 6.07 Å². The van der Waals surface area contributed by atoms with Crippen LogP contribution in [0.2, 0.25) is 0 Å². The number of methoxy groups -OCH3 is 1. The van der Waals surface area contributed by atoms with Gasteiger partial charge in [0, 0.05) is 16.8 Å². The molecule has 0 aliphatic heterocycles. The van der Waals surface area contributed by atoms with Gasteiger partial charge < -0.3 is 15.2 Å². The number of benzene rings is 5. The fourth-order valence-electron chi connectivity index (χ4n) is 4.41. The number of carbonyl (C=O) groups excluding carboxylic acids is 1. The lowest BCUT2D eigenvalue weighted by atomic mass is 10.1. The number of aryl methyl sites for hydroxylation is 2. The van der Waals surface area contributed by atoms with E-state index in [9.17, 15) is 17.8 Å². The molecule has 0 atom stereocenters. The summed E-state index contributed by atoms with van der Waals surface area (Å²) >= 11 is 0. The maximum Gasteiger partial charge on any atom is 0.298 e. The molecule has 0 radical (unpaired) electrons. The largest absolute Gasteiger partial charge is 0.495 e. The maximum atomic E-state index is 11.9. The molecule has 0 aliphatic carbocycles. The van der Waals surface area contributed by atoms with Crippen LogP contribution in [0.1, 0.15) is 11.1 Å². The minimum absolute atomic E-state index is 0.305. The second-order valence-electron chi connectivity index (χ2n) is 9.95. The Hall–Kier alpha value is -5.86. The molecule has 13 nitrogen and oxygen atoms in total. The Morgan fingerprint density at radius 2 is 1.26 bits per heavy atom. The molecule has 0 bridgehead atoms. The second-order valence-corrected chi connectivity index (χ2v) is 11.4. The van der Waals surface area contributed by atoms with Crippen LogP contribution in [-0.2, 0) is 14.9 Å². The van der Waals surface area contributed by atoms with Gasteiger partial charge in [-0.25, -0.2) is 0 Å². The van der Waals surface area contributed by atoms with Gasteiger partial charge in [0.2, 0.25) is 0 Å². The van der Waals surface area contributed by atoms with E-state index in [2.05, 4.69) is 30.7 Å². The van der Waals surface area contributed by atoms with Crippen molar-refractivity contribution in [1.29, 1.82) is 0 Å². The highest BCUT2D eigenvalue weighted by atomic mass is 32.2. The van der Waals surface area contributed by atoms with Gasteiger partial charge >= 0.3 is 0 Å². The first kappa shape index (κ1) is 31.6. The van der Waals surface area contributed by atoms with Crippen LogP contribution in [0.15, 0.2) is 121 Å². The van der Waals surface area contributed by atoms with E-state index in [1.807, 2.05) is 13.8 Å². The molecule has 5 rings (SSSR count). The molecule has 0 unspecified atom stereocenters.